The molecule has 0 spiro atoms. The molecule has 2 unspecified atom stereocenters. The number of carbonyl (C=O) groups excluding carboxylic acids is 1. The first-order valence-corrected chi connectivity index (χ1v) is 7.33. The van der Waals surface area contributed by atoms with Gasteiger partial charge in [-0.15, -0.1) is 0 Å². The van der Waals surface area contributed by atoms with Crippen LogP contribution in [0.15, 0.2) is 18.7 Å². The molecular weight excluding hydrogens is 250 g/mol. The Labute approximate surface area is 121 Å². The Morgan fingerprint density at radius 2 is 2.15 bits per heavy atom. The summed E-state index contributed by atoms with van der Waals surface area (Å²) in [7, 11) is 0. The van der Waals surface area contributed by atoms with Crippen molar-refractivity contribution >= 4 is 5.91 Å². The van der Waals surface area contributed by atoms with Crippen LogP contribution < -0.4 is 0 Å². The van der Waals surface area contributed by atoms with Gasteiger partial charge in [0.2, 0.25) is 5.91 Å². The number of fused-ring (bicyclic) bond motifs is 1. The maximum Gasteiger partial charge on any atom is 0.246 e. The zero-order valence-corrected chi connectivity index (χ0v) is 13.2. The summed E-state index contributed by atoms with van der Waals surface area (Å²) in [5, 5.41) is 4.80. The van der Waals surface area contributed by atoms with E-state index < -0.39 is 0 Å². The Morgan fingerprint density at radius 3 is 2.70 bits per heavy atom. The minimum absolute atomic E-state index is 0.00639. The third-order valence-electron chi connectivity index (χ3n) is 4.76. The number of hydrogen-bond acceptors (Lipinski definition) is 2. The highest BCUT2D eigenvalue weighted by Gasteiger charge is 2.34. The second kappa shape index (κ2) is 5.08. The summed E-state index contributed by atoms with van der Waals surface area (Å²) in [5.74, 6) is -0.00639. The van der Waals surface area contributed by atoms with E-state index in [4.69, 9.17) is 5.10 Å². The SMILES string of the molecule is C=CC(=O)N1Cc2cc(C(C)(C)CC)nn2C(C)C1C. The molecule has 4 nitrogen and oxygen atoms in total. The van der Waals surface area contributed by atoms with Gasteiger partial charge in [-0.2, -0.15) is 5.10 Å². The standard InChI is InChI=1S/C16H25N3O/c1-7-15(20)18-10-13-9-14(16(5,6)8-2)17-19(13)12(4)11(18)3/h7,9,11-12H,1,8,10H2,2-6H3. The minimum Gasteiger partial charge on any atom is -0.328 e. The predicted molar refractivity (Wildman–Crippen MR) is 80.5 cm³/mol. The van der Waals surface area contributed by atoms with Crippen LogP contribution in [-0.2, 0) is 16.8 Å². The summed E-state index contributed by atoms with van der Waals surface area (Å²) < 4.78 is 2.09. The lowest BCUT2D eigenvalue weighted by Gasteiger charge is -2.38. The van der Waals surface area contributed by atoms with Crippen molar-refractivity contribution in [2.75, 3.05) is 0 Å². The van der Waals surface area contributed by atoms with E-state index in [9.17, 15) is 4.79 Å². The molecule has 2 rings (SSSR count). The Morgan fingerprint density at radius 1 is 1.50 bits per heavy atom. The van der Waals surface area contributed by atoms with Crippen LogP contribution in [0.2, 0.25) is 0 Å². The number of rotatable bonds is 3. The van der Waals surface area contributed by atoms with Crippen LogP contribution in [0.1, 0.15) is 58.5 Å². The molecular formula is C16H25N3O. The lowest BCUT2D eigenvalue weighted by atomic mass is 9.86. The molecule has 1 aromatic heterocycles. The van der Waals surface area contributed by atoms with Gasteiger partial charge in [0, 0.05) is 5.41 Å². The summed E-state index contributed by atoms with van der Waals surface area (Å²) in [6, 6.07) is 2.46. The van der Waals surface area contributed by atoms with Gasteiger partial charge in [0.1, 0.15) is 0 Å². The number of hydrogen-bond donors (Lipinski definition) is 0. The van der Waals surface area contributed by atoms with Crippen LogP contribution >= 0.6 is 0 Å². The van der Waals surface area contributed by atoms with Gasteiger partial charge in [-0.3, -0.25) is 9.48 Å². The Balaban J connectivity index is 2.40. The molecule has 110 valence electrons. The molecule has 0 aromatic carbocycles. The fourth-order valence-corrected chi connectivity index (χ4v) is 2.59. The summed E-state index contributed by atoms with van der Waals surface area (Å²) in [6.45, 7) is 15.0. The molecule has 20 heavy (non-hydrogen) atoms. The van der Waals surface area contributed by atoms with E-state index in [2.05, 4.69) is 51.9 Å². The summed E-state index contributed by atoms with van der Waals surface area (Å²) >= 11 is 0. The number of amides is 1. The van der Waals surface area contributed by atoms with Gasteiger partial charge in [-0.05, 0) is 32.4 Å². The van der Waals surface area contributed by atoms with Crippen molar-refractivity contribution in [3.63, 3.8) is 0 Å². The van der Waals surface area contributed by atoms with E-state index in [1.165, 1.54) is 6.08 Å². The van der Waals surface area contributed by atoms with Gasteiger partial charge in [-0.1, -0.05) is 27.4 Å². The first-order chi connectivity index (χ1) is 9.31. The quantitative estimate of drug-likeness (QED) is 0.795. The van der Waals surface area contributed by atoms with Crippen LogP contribution in [0.5, 0.6) is 0 Å². The summed E-state index contributed by atoms with van der Waals surface area (Å²) in [4.78, 5) is 13.8. The molecule has 1 amide bonds. The zero-order chi connectivity index (χ0) is 15.1. The van der Waals surface area contributed by atoms with E-state index >= 15 is 0 Å². The van der Waals surface area contributed by atoms with E-state index in [-0.39, 0.29) is 23.4 Å². The Hall–Kier alpha value is -1.58. The van der Waals surface area contributed by atoms with Gasteiger partial charge < -0.3 is 4.90 Å². The molecule has 1 aromatic rings. The minimum atomic E-state index is -0.00639. The van der Waals surface area contributed by atoms with Gasteiger partial charge >= 0.3 is 0 Å². The molecule has 0 N–H and O–H groups in total. The fourth-order valence-electron chi connectivity index (χ4n) is 2.59. The number of nitrogens with zero attached hydrogens (tertiary/aromatic N) is 3. The van der Waals surface area contributed by atoms with Crippen molar-refractivity contribution < 1.29 is 4.79 Å². The molecule has 2 atom stereocenters. The first-order valence-electron chi connectivity index (χ1n) is 7.33. The molecule has 0 bridgehead atoms. The summed E-state index contributed by atoms with van der Waals surface area (Å²) in [5.41, 5.74) is 2.30. The van der Waals surface area contributed by atoms with Gasteiger partial charge in [0.25, 0.3) is 0 Å². The molecule has 0 saturated heterocycles. The Kier molecular flexibility index (Phi) is 3.76. The van der Waals surface area contributed by atoms with Crippen LogP contribution in [0, 0.1) is 0 Å². The lowest BCUT2D eigenvalue weighted by molar-refractivity contribution is -0.130. The normalized spacial score (nSPS) is 22.6. The highest BCUT2D eigenvalue weighted by molar-refractivity contribution is 5.87. The van der Waals surface area contributed by atoms with Crippen molar-refractivity contribution in [1.82, 2.24) is 14.7 Å². The second-order valence-electron chi connectivity index (χ2n) is 6.35. The smallest absolute Gasteiger partial charge is 0.246 e. The maximum absolute atomic E-state index is 12.0. The van der Waals surface area contributed by atoms with E-state index in [0.717, 1.165) is 17.8 Å². The van der Waals surface area contributed by atoms with Gasteiger partial charge in [0.15, 0.2) is 0 Å². The average Bonchev–Trinajstić information content (AvgIpc) is 2.87. The molecule has 1 aliphatic heterocycles. The third kappa shape index (κ3) is 2.28. The van der Waals surface area contributed by atoms with Crippen LogP contribution in [0.25, 0.3) is 0 Å². The Bertz CT molecular complexity index is 530. The predicted octanol–water partition coefficient (Wildman–Crippen LogP) is 3.05. The van der Waals surface area contributed by atoms with Crippen LogP contribution in [0.3, 0.4) is 0 Å². The molecule has 0 saturated carbocycles. The second-order valence-corrected chi connectivity index (χ2v) is 6.35. The molecule has 0 fully saturated rings. The largest absolute Gasteiger partial charge is 0.328 e. The van der Waals surface area contributed by atoms with Gasteiger partial charge in [-0.25, -0.2) is 0 Å². The first kappa shape index (κ1) is 14.8. The summed E-state index contributed by atoms with van der Waals surface area (Å²) in [6.07, 6.45) is 2.44. The van der Waals surface area contributed by atoms with Crippen molar-refractivity contribution in [2.24, 2.45) is 0 Å². The average molecular weight is 275 g/mol. The zero-order valence-electron chi connectivity index (χ0n) is 13.2. The van der Waals surface area contributed by atoms with Gasteiger partial charge in [0.05, 0.1) is 30.0 Å². The molecule has 0 radical (unpaired) electrons. The van der Waals surface area contributed by atoms with Crippen molar-refractivity contribution in [3.05, 3.63) is 30.1 Å². The number of aromatic nitrogens is 2. The monoisotopic (exact) mass is 275 g/mol. The van der Waals surface area contributed by atoms with E-state index in [1.54, 1.807) is 0 Å². The molecule has 1 aliphatic rings. The van der Waals surface area contributed by atoms with E-state index in [0.29, 0.717) is 6.54 Å². The van der Waals surface area contributed by atoms with Crippen molar-refractivity contribution in [1.29, 1.82) is 0 Å². The van der Waals surface area contributed by atoms with Crippen molar-refractivity contribution in [3.8, 4) is 0 Å². The molecule has 2 heterocycles. The highest BCUT2D eigenvalue weighted by Crippen LogP contribution is 2.32. The van der Waals surface area contributed by atoms with Crippen molar-refractivity contribution in [2.45, 2.75) is 65.1 Å². The number of carbonyl (C=O) groups is 1. The lowest BCUT2D eigenvalue weighted by Crippen LogP contribution is -2.46. The molecule has 4 heteroatoms. The topological polar surface area (TPSA) is 38.1 Å². The maximum atomic E-state index is 12.0. The van der Waals surface area contributed by atoms with E-state index in [1.807, 2.05) is 4.90 Å². The molecule has 0 aliphatic carbocycles. The fraction of sp³-hybridized carbons (Fsp3) is 0.625. The third-order valence-corrected chi connectivity index (χ3v) is 4.76. The van der Waals surface area contributed by atoms with Crippen LogP contribution in [-0.4, -0.2) is 26.6 Å². The highest BCUT2D eigenvalue weighted by atomic mass is 16.2. The van der Waals surface area contributed by atoms with Crippen LogP contribution in [0.4, 0.5) is 0 Å².